The van der Waals surface area contributed by atoms with E-state index < -0.39 is 22.1 Å². The van der Waals surface area contributed by atoms with Crippen LogP contribution in [-0.2, 0) is 38.2 Å². The molecule has 2 nitrogen and oxygen atoms in total. The minimum absolute atomic E-state index is 0.317. The van der Waals surface area contributed by atoms with Crippen molar-refractivity contribution in [2.45, 2.75) is 29.2 Å². The van der Waals surface area contributed by atoms with Gasteiger partial charge >= 0.3 is 115 Å². The van der Waals surface area contributed by atoms with Gasteiger partial charge in [0.05, 0.1) is 0 Å². The molecule has 1 heterocycles. The van der Waals surface area contributed by atoms with E-state index in [1.54, 1.807) is 0 Å². The van der Waals surface area contributed by atoms with Crippen molar-refractivity contribution < 1.29 is 31.6 Å². The van der Waals surface area contributed by atoms with Gasteiger partial charge in [0, 0.05) is 0 Å². The average molecular weight is 472 g/mol. The van der Waals surface area contributed by atoms with Crippen LogP contribution in [0.15, 0.2) is 30.3 Å². The molecule has 84 valence electrons. The zero-order chi connectivity index (χ0) is 11.2. The second-order valence-corrected chi connectivity index (χ2v) is 14.7. The van der Waals surface area contributed by atoms with E-state index in [1.165, 1.54) is 9.49 Å². The van der Waals surface area contributed by atoms with Crippen molar-refractivity contribution in [1.82, 2.24) is 0 Å². The zero-order valence-electron chi connectivity index (χ0n) is 9.27. The summed E-state index contributed by atoms with van der Waals surface area (Å²) < 4.78 is 12.9. The van der Waals surface area contributed by atoms with Gasteiger partial charge in [0.25, 0.3) is 0 Å². The fraction of sp³-hybridized carbons (Fsp3) is 0.500. The van der Waals surface area contributed by atoms with Gasteiger partial charge in [-0.2, -0.15) is 0 Å². The Morgan fingerprint density at radius 2 is 2.19 bits per heavy atom. The van der Waals surface area contributed by atoms with Gasteiger partial charge in [-0.25, -0.2) is 0 Å². The maximum atomic E-state index is 5.94. The molecule has 0 aliphatic carbocycles. The molecular formula is C12H15BrHgO2. The van der Waals surface area contributed by atoms with Crippen LogP contribution in [0.5, 0.6) is 0 Å². The van der Waals surface area contributed by atoms with Crippen LogP contribution >= 0.6 is 11.9 Å². The van der Waals surface area contributed by atoms with E-state index in [0.717, 1.165) is 13.0 Å². The Morgan fingerprint density at radius 1 is 1.38 bits per heavy atom. The zero-order valence-corrected chi connectivity index (χ0v) is 16.4. The minimum atomic E-state index is -0.776. The first kappa shape index (κ1) is 13.0. The molecule has 0 saturated carbocycles. The van der Waals surface area contributed by atoms with Crippen molar-refractivity contribution in [2.75, 3.05) is 6.61 Å². The molecule has 1 aliphatic heterocycles. The first-order valence-corrected chi connectivity index (χ1v) is 21.5. The van der Waals surface area contributed by atoms with E-state index in [1.807, 2.05) is 6.07 Å². The van der Waals surface area contributed by atoms with Gasteiger partial charge in [0.1, 0.15) is 0 Å². The standard InChI is InChI=1S/C12H15O2.BrH.Hg/c1-10-12(7-8-13-10)14-9-11-5-3-2-4-6-11;;/h2-6,10,12H,1,7-9H2;1H;/q;;+1/p-1/t10-,12-;;/m0../s1. The molecule has 0 spiro atoms. The molecule has 0 N–H and O–H groups in total. The van der Waals surface area contributed by atoms with Crippen LogP contribution in [0, 0.1) is 0 Å². The number of halogens is 1. The van der Waals surface area contributed by atoms with Crippen LogP contribution in [0.1, 0.15) is 12.0 Å². The maximum absolute atomic E-state index is 5.94. The molecule has 16 heavy (non-hydrogen) atoms. The number of hydrogen-bond donors (Lipinski definition) is 0. The summed E-state index contributed by atoms with van der Waals surface area (Å²) in [6.07, 6.45) is 1.74. The van der Waals surface area contributed by atoms with E-state index in [2.05, 4.69) is 36.2 Å². The Bertz CT molecular complexity index is 307. The van der Waals surface area contributed by atoms with E-state index in [0.29, 0.717) is 18.8 Å². The summed E-state index contributed by atoms with van der Waals surface area (Å²) >= 11 is 2.89. The van der Waals surface area contributed by atoms with Gasteiger partial charge in [-0.15, -0.1) is 0 Å². The Morgan fingerprint density at radius 3 is 2.94 bits per heavy atom. The van der Waals surface area contributed by atoms with E-state index >= 15 is 0 Å². The van der Waals surface area contributed by atoms with Crippen LogP contribution in [0.25, 0.3) is 0 Å². The van der Waals surface area contributed by atoms with Gasteiger partial charge in [-0.05, 0) is 0 Å². The van der Waals surface area contributed by atoms with Crippen molar-refractivity contribution in [2.24, 2.45) is 0 Å². The third-order valence-corrected chi connectivity index (χ3v) is 9.93. The van der Waals surface area contributed by atoms with Crippen LogP contribution in [0.3, 0.4) is 0 Å². The van der Waals surface area contributed by atoms with E-state index in [-0.39, 0.29) is 0 Å². The SMILES string of the molecule is [Br][Hg][CH2][C@@H]1OCC[C@@H]1OCc1ccccc1. The molecule has 1 saturated heterocycles. The predicted molar refractivity (Wildman–Crippen MR) is 63.1 cm³/mol. The summed E-state index contributed by atoms with van der Waals surface area (Å²) in [5, 5.41) is 0. The van der Waals surface area contributed by atoms with Crippen molar-refractivity contribution in [1.29, 1.82) is 0 Å². The summed E-state index contributed by atoms with van der Waals surface area (Å²) in [6, 6.07) is 10.4. The normalized spacial score (nSPS) is 24.3. The molecule has 0 bridgehead atoms. The molecule has 4 heteroatoms. The number of benzene rings is 1. The Kier molecular flexibility index (Phi) is 5.76. The summed E-state index contributed by atoms with van der Waals surface area (Å²) in [5.74, 6) is 0. The molecule has 0 aromatic heterocycles. The van der Waals surface area contributed by atoms with Crippen molar-refractivity contribution in [3.63, 3.8) is 0 Å². The summed E-state index contributed by atoms with van der Waals surface area (Å²) in [6.45, 7) is 1.58. The molecular weight excluding hydrogens is 457 g/mol. The third kappa shape index (κ3) is 3.79. The fourth-order valence-electron chi connectivity index (χ4n) is 1.97. The van der Waals surface area contributed by atoms with Gasteiger partial charge in [-0.3, -0.25) is 0 Å². The van der Waals surface area contributed by atoms with Crippen molar-refractivity contribution in [3.05, 3.63) is 35.9 Å². The molecule has 1 fully saturated rings. The van der Waals surface area contributed by atoms with E-state index in [9.17, 15) is 0 Å². The number of rotatable bonds is 5. The summed E-state index contributed by atoms with van der Waals surface area (Å²) in [4.78, 5) is 0. The Labute approximate surface area is 114 Å². The Balaban J connectivity index is 1.81. The topological polar surface area (TPSA) is 18.5 Å². The van der Waals surface area contributed by atoms with Gasteiger partial charge in [0.2, 0.25) is 0 Å². The van der Waals surface area contributed by atoms with Crippen LogP contribution in [0.2, 0.25) is 3.93 Å². The second-order valence-electron chi connectivity index (χ2n) is 4.01. The molecule has 0 radical (unpaired) electrons. The molecule has 0 unspecified atom stereocenters. The molecule has 1 aromatic rings. The fourth-order valence-corrected chi connectivity index (χ4v) is 8.86. The van der Waals surface area contributed by atoms with Crippen molar-refractivity contribution >= 4 is 11.9 Å². The van der Waals surface area contributed by atoms with Crippen LogP contribution in [-0.4, -0.2) is 18.8 Å². The Hall–Kier alpha value is 0.555. The summed E-state index contributed by atoms with van der Waals surface area (Å²) in [5.41, 5.74) is 1.25. The average Bonchev–Trinajstić information content (AvgIpc) is 2.76. The van der Waals surface area contributed by atoms with E-state index in [4.69, 9.17) is 9.47 Å². The quantitative estimate of drug-likeness (QED) is 0.614. The number of ether oxygens (including phenoxy) is 2. The van der Waals surface area contributed by atoms with Gasteiger partial charge < -0.3 is 0 Å². The van der Waals surface area contributed by atoms with Crippen LogP contribution < -0.4 is 0 Å². The molecule has 1 aliphatic rings. The molecule has 0 amide bonds. The first-order valence-electron chi connectivity index (χ1n) is 5.73. The summed E-state index contributed by atoms with van der Waals surface area (Å²) in [7, 11) is 0. The molecule has 1 aromatic carbocycles. The molecule has 2 atom stereocenters. The van der Waals surface area contributed by atoms with Gasteiger partial charge in [0.15, 0.2) is 0 Å². The predicted octanol–water partition coefficient (Wildman–Crippen LogP) is 3.17. The second kappa shape index (κ2) is 7.09. The van der Waals surface area contributed by atoms with Crippen molar-refractivity contribution in [3.8, 4) is 0 Å². The third-order valence-electron chi connectivity index (χ3n) is 2.85. The molecule has 2 rings (SSSR count). The van der Waals surface area contributed by atoms with Crippen LogP contribution in [0.4, 0.5) is 0 Å². The first-order chi connectivity index (χ1) is 7.90. The monoisotopic (exact) mass is 472 g/mol. The van der Waals surface area contributed by atoms with Gasteiger partial charge in [-0.1, -0.05) is 0 Å². The number of hydrogen-bond acceptors (Lipinski definition) is 2.